The molecule has 2 heterocycles. The van der Waals surface area contributed by atoms with Gasteiger partial charge in [0.05, 0.1) is 6.26 Å². The van der Waals surface area contributed by atoms with E-state index in [4.69, 9.17) is 4.42 Å². The maximum Gasteiger partial charge on any atom is 0.170 e. The molecule has 2 rings (SSSR count). The van der Waals surface area contributed by atoms with Crippen LogP contribution in [0.5, 0.6) is 0 Å². The lowest BCUT2D eigenvalue weighted by Crippen LogP contribution is -2.00. The van der Waals surface area contributed by atoms with Crippen molar-refractivity contribution in [3.8, 4) is 0 Å². The van der Waals surface area contributed by atoms with Crippen LogP contribution < -0.4 is 0 Å². The smallest absolute Gasteiger partial charge is 0.170 e. The predicted molar refractivity (Wildman–Crippen MR) is 39.2 cm³/mol. The van der Waals surface area contributed by atoms with Crippen molar-refractivity contribution in [3.63, 3.8) is 0 Å². The van der Waals surface area contributed by atoms with Gasteiger partial charge in [0.1, 0.15) is 12.1 Å². The largest absolute Gasteiger partial charge is 0.466 e. The first-order chi connectivity index (χ1) is 5.88. The lowest BCUT2D eigenvalue weighted by atomic mass is 10.2. The fourth-order valence-corrected chi connectivity index (χ4v) is 0.928. The number of H-pyrrole nitrogens is 1. The molecule has 5 nitrogen and oxygen atoms in total. The Morgan fingerprint density at radius 1 is 1.58 bits per heavy atom. The first-order valence-corrected chi connectivity index (χ1v) is 3.44. The third-order valence-corrected chi connectivity index (χ3v) is 1.51. The van der Waals surface area contributed by atoms with Gasteiger partial charge < -0.3 is 9.52 Å². The second-order valence-corrected chi connectivity index (χ2v) is 2.29. The van der Waals surface area contributed by atoms with Crippen LogP contribution in [0, 0.1) is 0 Å². The van der Waals surface area contributed by atoms with Gasteiger partial charge in [0.25, 0.3) is 0 Å². The van der Waals surface area contributed by atoms with Crippen LogP contribution in [0.15, 0.2) is 29.1 Å². The third-order valence-electron chi connectivity index (χ3n) is 1.51. The summed E-state index contributed by atoms with van der Waals surface area (Å²) in [5.41, 5.74) is 0. The Bertz CT molecular complexity index is 293. The van der Waals surface area contributed by atoms with Gasteiger partial charge in [-0.05, 0) is 12.1 Å². The third kappa shape index (κ3) is 1.10. The van der Waals surface area contributed by atoms with E-state index in [1.54, 1.807) is 12.1 Å². The summed E-state index contributed by atoms with van der Waals surface area (Å²) in [6.07, 6.45) is 1.97. The topological polar surface area (TPSA) is 74.9 Å². The fourth-order valence-electron chi connectivity index (χ4n) is 0.928. The molecule has 62 valence electrons. The highest BCUT2D eigenvalue weighted by Gasteiger charge is 2.15. The van der Waals surface area contributed by atoms with Crippen LogP contribution in [0.4, 0.5) is 0 Å². The van der Waals surface area contributed by atoms with Gasteiger partial charge in [-0.1, -0.05) is 0 Å². The summed E-state index contributed by atoms with van der Waals surface area (Å²) < 4.78 is 4.98. The van der Waals surface area contributed by atoms with Crippen LogP contribution in [0.25, 0.3) is 0 Å². The molecule has 0 amide bonds. The molecule has 2 aromatic rings. The SMILES string of the molecule is OC(c1ncn[nH]1)c1ccco1. The van der Waals surface area contributed by atoms with E-state index in [1.807, 2.05) is 0 Å². The minimum absolute atomic E-state index is 0.380. The molecule has 0 bridgehead atoms. The Kier molecular flexibility index (Phi) is 1.64. The lowest BCUT2D eigenvalue weighted by molar-refractivity contribution is 0.180. The van der Waals surface area contributed by atoms with Gasteiger partial charge in [0, 0.05) is 0 Å². The Balaban J connectivity index is 2.27. The highest BCUT2D eigenvalue weighted by Crippen LogP contribution is 2.17. The molecule has 2 N–H and O–H groups in total. The summed E-state index contributed by atoms with van der Waals surface area (Å²) in [7, 11) is 0. The zero-order valence-corrected chi connectivity index (χ0v) is 6.14. The Morgan fingerprint density at radius 2 is 2.50 bits per heavy atom. The molecule has 0 saturated heterocycles. The van der Waals surface area contributed by atoms with Crippen LogP contribution in [0.3, 0.4) is 0 Å². The van der Waals surface area contributed by atoms with Gasteiger partial charge >= 0.3 is 0 Å². The van der Waals surface area contributed by atoms with E-state index in [0.29, 0.717) is 11.6 Å². The maximum atomic E-state index is 9.54. The lowest BCUT2D eigenvalue weighted by Gasteiger charge is -2.01. The van der Waals surface area contributed by atoms with Crippen LogP contribution >= 0.6 is 0 Å². The molecular formula is C7H7N3O2. The molecule has 0 spiro atoms. The second kappa shape index (κ2) is 2.78. The molecule has 0 aliphatic rings. The van der Waals surface area contributed by atoms with E-state index in [1.165, 1.54) is 12.6 Å². The molecule has 0 aliphatic heterocycles. The Morgan fingerprint density at radius 3 is 3.08 bits per heavy atom. The summed E-state index contributed by atoms with van der Waals surface area (Å²) in [6, 6.07) is 3.38. The molecule has 0 aliphatic carbocycles. The molecule has 2 aromatic heterocycles. The average molecular weight is 165 g/mol. The number of aliphatic hydroxyl groups is 1. The number of nitrogens with one attached hydrogen (secondary N) is 1. The van der Waals surface area contributed by atoms with E-state index < -0.39 is 6.10 Å². The van der Waals surface area contributed by atoms with Gasteiger partial charge in [-0.15, -0.1) is 0 Å². The van der Waals surface area contributed by atoms with Crippen molar-refractivity contribution in [2.45, 2.75) is 6.10 Å². The summed E-state index contributed by atoms with van der Waals surface area (Å²) in [5, 5.41) is 15.7. The van der Waals surface area contributed by atoms with Crippen molar-refractivity contribution in [2.24, 2.45) is 0 Å². The van der Waals surface area contributed by atoms with Crippen LogP contribution in [0.2, 0.25) is 0 Å². The van der Waals surface area contributed by atoms with Crippen LogP contribution in [-0.4, -0.2) is 20.3 Å². The summed E-state index contributed by atoms with van der Waals surface area (Å²) in [4.78, 5) is 3.80. The first-order valence-electron chi connectivity index (χ1n) is 3.44. The molecule has 12 heavy (non-hydrogen) atoms. The standard InChI is InChI=1S/C7H7N3O2/c11-6(5-2-1-3-12-5)7-8-4-9-10-7/h1-4,6,11H,(H,8,9,10). The normalized spacial score (nSPS) is 13.1. The van der Waals surface area contributed by atoms with Crippen molar-refractivity contribution >= 4 is 0 Å². The quantitative estimate of drug-likeness (QED) is 0.678. The van der Waals surface area contributed by atoms with Crippen molar-refractivity contribution in [2.75, 3.05) is 0 Å². The summed E-state index contributed by atoms with van der Waals surface area (Å²) >= 11 is 0. The van der Waals surface area contributed by atoms with E-state index in [9.17, 15) is 5.11 Å². The van der Waals surface area contributed by atoms with Gasteiger partial charge in [0.2, 0.25) is 0 Å². The number of hydrogen-bond acceptors (Lipinski definition) is 4. The molecule has 0 radical (unpaired) electrons. The van der Waals surface area contributed by atoms with Gasteiger partial charge in [-0.3, -0.25) is 5.10 Å². The number of nitrogens with zero attached hydrogens (tertiary/aromatic N) is 2. The highest BCUT2D eigenvalue weighted by atomic mass is 16.4. The van der Waals surface area contributed by atoms with E-state index in [-0.39, 0.29) is 0 Å². The Hall–Kier alpha value is -1.62. The maximum absolute atomic E-state index is 9.54. The van der Waals surface area contributed by atoms with Crippen LogP contribution in [0.1, 0.15) is 17.7 Å². The molecule has 0 aromatic carbocycles. The highest BCUT2D eigenvalue weighted by molar-refractivity contribution is 5.09. The van der Waals surface area contributed by atoms with Crippen LogP contribution in [-0.2, 0) is 0 Å². The van der Waals surface area contributed by atoms with Gasteiger partial charge in [-0.2, -0.15) is 5.10 Å². The van der Waals surface area contributed by atoms with Gasteiger partial charge in [0.15, 0.2) is 11.9 Å². The number of hydrogen-bond donors (Lipinski definition) is 2. The van der Waals surface area contributed by atoms with Crippen molar-refractivity contribution in [1.29, 1.82) is 0 Å². The predicted octanol–water partition coefficient (Wildman–Crippen LogP) is 0.479. The molecule has 0 saturated carbocycles. The molecule has 5 heteroatoms. The van der Waals surface area contributed by atoms with E-state index >= 15 is 0 Å². The minimum atomic E-state index is -0.859. The summed E-state index contributed by atoms with van der Waals surface area (Å²) in [5.74, 6) is 0.830. The number of aromatic amines is 1. The van der Waals surface area contributed by atoms with E-state index in [0.717, 1.165) is 0 Å². The number of aromatic nitrogens is 3. The second-order valence-electron chi connectivity index (χ2n) is 2.29. The number of furan rings is 1. The molecule has 1 atom stereocenters. The van der Waals surface area contributed by atoms with Crippen molar-refractivity contribution in [3.05, 3.63) is 36.3 Å². The zero-order chi connectivity index (χ0) is 8.39. The number of aliphatic hydroxyl groups excluding tert-OH is 1. The average Bonchev–Trinajstić information content (AvgIpc) is 2.77. The Labute approximate surface area is 68.1 Å². The molecule has 1 unspecified atom stereocenters. The fraction of sp³-hybridized carbons (Fsp3) is 0.143. The van der Waals surface area contributed by atoms with Crippen molar-refractivity contribution in [1.82, 2.24) is 15.2 Å². The van der Waals surface area contributed by atoms with E-state index in [2.05, 4.69) is 15.2 Å². The summed E-state index contributed by atoms with van der Waals surface area (Å²) in [6.45, 7) is 0. The zero-order valence-electron chi connectivity index (χ0n) is 6.14. The first kappa shape index (κ1) is 7.05. The minimum Gasteiger partial charge on any atom is -0.466 e. The monoisotopic (exact) mass is 165 g/mol. The van der Waals surface area contributed by atoms with Crippen molar-refractivity contribution < 1.29 is 9.52 Å². The van der Waals surface area contributed by atoms with Gasteiger partial charge in [-0.25, -0.2) is 4.98 Å². The molecular weight excluding hydrogens is 158 g/mol. The molecule has 0 fully saturated rings. The number of rotatable bonds is 2.